The zero-order chi connectivity index (χ0) is 14.0. The molecule has 2 rings (SSSR count). The van der Waals surface area contributed by atoms with E-state index in [4.69, 9.17) is 5.11 Å². The Morgan fingerprint density at radius 1 is 1.37 bits per heavy atom. The van der Waals surface area contributed by atoms with E-state index in [2.05, 4.69) is 9.84 Å². The fourth-order valence-corrected chi connectivity index (χ4v) is 1.65. The fourth-order valence-electron chi connectivity index (χ4n) is 1.65. The summed E-state index contributed by atoms with van der Waals surface area (Å²) in [6, 6.07) is 5.63. The van der Waals surface area contributed by atoms with Gasteiger partial charge in [0, 0.05) is 18.8 Å². The molecule has 0 fully saturated rings. The van der Waals surface area contributed by atoms with E-state index in [1.54, 1.807) is 7.05 Å². The molecule has 0 aliphatic carbocycles. The van der Waals surface area contributed by atoms with Gasteiger partial charge in [-0.3, -0.25) is 4.68 Å². The second-order valence-corrected chi connectivity index (χ2v) is 3.77. The van der Waals surface area contributed by atoms with Gasteiger partial charge in [-0.2, -0.15) is 13.9 Å². The number of aromatic carboxylic acids is 1. The molecule has 0 unspecified atom stereocenters. The summed E-state index contributed by atoms with van der Waals surface area (Å²) in [7, 11) is 1.60. The predicted octanol–water partition coefficient (Wildman–Crippen LogP) is 2.39. The summed E-state index contributed by atoms with van der Waals surface area (Å²) in [6.07, 6.45) is 1.38. The Morgan fingerprint density at radius 2 is 2.00 bits per heavy atom. The molecular weight excluding hydrogens is 258 g/mol. The highest BCUT2D eigenvalue weighted by Gasteiger charge is 2.16. The minimum atomic E-state index is -2.89. The van der Waals surface area contributed by atoms with Crippen LogP contribution in [0.25, 0.3) is 11.3 Å². The number of carboxylic acids is 1. The lowest BCUT2D eigenvalue weighted by molar-refractivity contribution is -0.0498. The Morgan fingerprint density at radius 3 is 2.53 bits per heavy atom. The van der Waals surface area contributed by atoms with Crippen molar-refractivity contribution in [3.8, 4) is 17.0 Å². The monoisotopic (exact) mass is 268 g/mol. The maximum absolute atomic E-state index is 12.0. The van der Waals surface area contributed by atoms with Gasteiger partial charge in [0.15, 0.2) is 0 Å². The summed E-state index contributed by atoms with van der Waals surface area (Å²) in [5, 5.41) is 13.1. The van der Waals surface area contributed by atoms with Gasteiger partial charge in [0.05, 0.1) is 0 Å². The first-order valence-electron chi connectivity index (χ1n) is 5.29. The molecule has 1 aromatic heterocycles. The van der Waals surface area contributed by atoms with Gasteiger partial charge in [-0.1, -0.05) is 0 Å². The molecule has 0 aliphatic rings. The van der Waals surface area contributed by atoms with Crippen molar-refractivity contribution in [2.24, 2.45) is 7.05 Å². The topological polar surface area (TPSA) is 64.4 Å². The van der Waals surface area contributed by atoms with E-state index >= 15 is 0 Å². The molecule has 0 spiro atoms. The molecular formula is C12H10F2N2O3. The van der Waals surface area contributed by atoms with Crippen LogP contribution in [0.3, 0.4) is 0 Å². The molecule has 2 aromatic rings. The van der Waals surface area contributed by atoms with Crippen molar-refractivity contribution in [2.75, 3.05) is 0 Å². The standard InChI is InChI=1S/C12H10F2N2O3/c1-16-6-9(11(17)18)10(15-16)7-2-4-8(5-3-7)19-12(13)14/h2-6,12H,1H3,(H,17,18). The third kappa shape index (κ3) is 2.87. The molecule has 5 nitrogen and oxygen atoms in total. The first kappa shape index (κ1) is 13.0. The molecule has 0 aliphatic heterocycles. The molecule has 0 bridgehead atoms. The van der Waals surface area contributed by atoms with Crippen LogP contribution in [0.2, 0.25) is 0 Å². The first-order chi connectivity index (χ1) is 8.97. The molecule has 7 heteroatoms. The highest BCUT2D eigenvalue weighted by molar-refractivity contribution is 5.94. The Hall–Kier alpha value is -2.44. The largest absolute Gasteiger partial charge is 0.478 e. The number of aryl methyl sites for hydroxylation is 1. The molecule has 1 aromatic carbocycles. The van der Waals surface area contributed by atoms with Crippen LogP contribution in [0.4, 0.5) is 8.78 Å². The van der Waals surface area contributed by atoms with E-state index in [1.807, 2.05) is 0 Å². The van der Waals surface area contributed by atoms with Crippen molar-refractivity contribution in [1.29, 1.82) is 0 Å². The van der Waals surface area contributed by atoms with Crippen molar-refractivity contribution in [1.82, 2.24) is 9.78 Å². The maximum atomic E-state index is 12.0. The van der Waals surface area contributed by atoms with Crippen molar-refractivity contribution in [3.05, 3.63) is 36.0 Å². The second kappa shape index (κ2) is 5.05. The average molecular weight is 268 g/mol. The van der Waals surface area contributed by atoms with Gasteiger partial charge in [0.2, 0.25) is 0 Å². The molecule has 0 amide bonds. The number of carboxylic acid groups (broad SMARTS) is 1. The number of benzene rings is 1. The third-order valence-corrected chi connectivity index (χ3v) is 2.41. The number of hydrogen-bond donors (Lipinski definition) is 1. The molecule has 19 heavy (non-hydrogen) atoms. The minimum Gasteiger partial charge on any atom is -0.478 e. The molecule has 0 radical (unpaired) electrons. The Bertz CT molecular complexity index is 594. The number of rotatable bonds is 4. The summed E-state index contributed by atoms with van der Waals surface area (Å²) < 4.78 is 29.6. The van der Waals surface area contributed by atoms with Gasteiger partial charge >= 0.3 is 12.6 Å². The number of halogens is 2. The van der Waals surface area contributed by atoms with E-state index in [-0.39, 0.29) is 17.0 Å². The molecule has 0 saturated carbocycles. The van der Waals surface area contributed by atoms with Crippen LogP contribution >= 0.6 is 0 Å². The van der Waals surface area contributed by atoms with Gasteiger partial charge in [-0.05, 0) is 24.3 Å². The zero-order valence-electron chi connectivity index (χ0n) is 9.88. The smallest absolute Gasteiger partial charge is 0.387 e. The quantitative estimate of drug-likeness (QED) is 0.924. The Kier molecular flexibility index (Phi) is 3.46. The SMILES string of the molecule is Cn1cc(C(=O)O)c(-c2ccc(OC(F)F)cc2)n1. The van der Waals surface area contributed by atoms with Gasteiger partial charge in [0.1, 0.15) is 17.0 Å². The average Bonchev–Trinajstić information content (AvgIpc) is 2.72. The lowest BCUT2D eigenvalue weighted by atomic mass is 10.1. The maximum Gasteiger partial charge on any atom is 0.387 e. The lowest BCUT2D eigenvalue weighted by Crippen LogP contribution is -2.01. The molecule has 100 valence electrons. The van der Waals surface area contributed by atoms with E-state index in [1.165, 1.54) is 35.1 Å². The summed E-state index contributed by atoms with van der Waals surface area (Å²) in [4.78, 5) is 11.0. The van der Waals surface area contributed by atoms with Crippen LogP contribution in [0, 0.1) is 0 Å². The van der Waals surface area contributed by atoms with Crippen LogP contribution < -0.4 is 4.74 Å². The lowest BCUT2D eigenvalue weighted by Gasteiger charge is -2.05. The summed E-state index contributed by atoms with van der Waals surface area (Å²) in [6.45, 7) is -2.89. The molecule has 1 N–H and O–H groups in total. The van der Waals surface area contributed by atoms with Gasteiger partial charge in [-0.15, -0.1) is 0 Å². The van der Waals surface area contributed by atoms with Crippen LogP contribution in [0.5, 0.6) is 5.75 Å². The van der Waals surface area contributed by atoms with E-state index in [9.17, 15) is 13.6 Å². The first-order valence-corrected chi connectivity index (χ1v) is 5.29. The summed E-state index contributed by atoms with van der Waals surface area (Å²) >= 11 is 0. The number of ether oxygens (including phenoxy) is 1. The Labute approximate surface area is 107 Å². The van der Waals surface area contributed by atoms with Gasteiger partial charge in [0.25, 0.3) is 0 Å². The number of hydrogen-bond acceptors (Lipinski definition) is 3. The molecule has 1 heterocycles. The zero-order valence-corrected chi connectivity index (χ0v) is 9.88. The van der Waals surface area contributed by atoms with Crippen LogP contribution in [-0.2, 0) is 7.05 Å². The van der Waals surface area contributed by atoms with Crippen molar-refractivity contribution in [3.63, 3.8) is 0 Å². The summed E-state index contributed by atoms with van der Waals surface area (Å²) in [5.41, 5.74) is 0.836. The van der Waals surface area contributed by atoms with E-state index in [0.29, 0.717) is 5.56 Å². The number of nitrogens with zero attached hydrogens (tertiary/aromatic N) is 2. The number of carbonyl (C=O) groups is 1. The van der Waals surface area contributed by atoms with Crippen molar-refractivity contribution in [2.45, 2.75) is 6.61 Å². The van der Waals surface area contributed by atoms with Crippen LogP contribution in [-0.4, -0.2) is 27.5 Å². The second-order valence-electron chi connectivity index (χ2n) is 3.77. The molecule has 0 atom stereocenters. The van der Waals surface area contributed by atoms with Crippen LogP contribution in [0.15, 0.2) is 30.5 Å². The molecule has 0 saturated heterocycles. The van der Waals surface area contributed by atoms with E-state index in [0.717, 1.165) is 0 Å². The fraction of sp³-hybridized carbons (Fsp3) is 0.167. The van der Waals surface area contributed by atoms with Gasteiger partial charge < -0.3 is 9.84 Å². The van der Waals surface area contributed by atoms with Crippen LogP contribution in [0.1, 0.15) is 10.4 Å². The third-order valence-electron chi connectivity index (χ3n) is 2.41. The Balaban J connectivity index is 2.34. The number of alkyl halides is 2. The minimum absolute atomic E-state index is 0.00607. The highest BCUT2D eigenvalue weighted by atomic mass is 19.3. The van der Waals surface area contributed by atoms with Crippen molar-refractivity contribution < 1.29 is 23.4 Å². The summed E-state index contributed by atoms with van der Waals surface area (Å²) in [5.74, 6) is -1.09. The normalized spacial score (nSPS) is 10.7. The highest BCUT2D eigenvalue weighted by Crippen LogP contribution is 2.25. The van der Waals surface area contributed by atoms with E-state index < -0.39 is 12.6 Å². The van der Waals surface area contributed by atoms with Gasteiger partial charge in [-0.25, -0.2) is 4.79 Å². The number of aromatic nitrogens is 2. The van der Waals surface area contributed by atoms with Crippen molar-refractivity contribution >= 4 is 5.97 Å². The predicted molar refractivity (Wildman–Crippen MR) is 62.2 cm³/mol.